The van der Waals surface area contributed by atoms with Crippen molar-refractivity contribution in [3.05, 3.63) is 0 Å². The van der Waals surface area contributed by atoms with Crippen LogP contribution >= 0.6 is 7.82 Å². The highest BCUT2D eigenvalue weighted by Gasteiger charge is 2.26. The third kappa shape index (κ3) is 52.2. The van der Waals surface area contributed by atoms with Gasteiger partial charge in [0.05, 0.1) is 13.2 Å². The fourth-order valence-corrected chi connectivity index (χ4v) is 9.52. The predicted octanol–water partition coefficient (Wildman–Crippen LogP) is 17.5. The molecule has 65 heavy (non-hydrogen) atoms. The van der Waals surface area contributed by atoms with Crippen LogP contribution in [0.15, 0.2) is 0 Å². The molecule has 0 saturated carbocycles. The zero-order chi connectivity index (χ0) is 47.4. The summed E-state index contributed by atoms with van der Waals surface area (Å²) in [6, 6.07) is 0. The molecule has 0 aliphatic heterocycles. The average molecular weight is 944 g/mol. The van der Waals surface area contributed by atoms with Gasteiger partial charge in [0.1, 0.15) is 6.61 Å². The number of nitrogens with two attached hydrogens (primary N) is 1. The Bertz CT molecular complexity index is 1030. The molecule has 2 atom stereocenters. The highest BCUT2D eigenvalue weighted by Crippen LogP contribution is 2.43. The maximum absolute atomic E-state index is 12.7. The SMILES string of the molecule is CCCCCCCCCCCCCCCCCCCCCCCCCCCCCCC(=O)OC(COC(=O)CCCCCCCCCCCCCCCCCC)COP(=O)(O)OCCN. The quantitative estimate of drug-likeness (QED) is 0.0347. The van der Waals surface area contributed by atoms with E-state index >= 15 is 0 Å². The highest BCUT2D eigenvalue weighted by molar-refractivity contribution is 7.47. The molecule has 0 aromatic rings. The summed E-state index contributed by atoms with van der Waals surface area (Å²) in [5.74, 6) is -0.804. The second-order valence-electron chi connectivity index (χ2n) is 19.5. The summed E-state index contributed by atoms with van der Waals surface area (Å²) in [7, 11) is -4.38. The smallest absolute Gasteiger partial charge is 0.462 e. The molecule has 10 heteroatoms. The zero-order valence-corrected chi connectivity index (χ0v) is 44.2. The molecule has 9 nitrogen and oxygen atoms in total. The molecule has 0 radical (unpaired) electrons. The molecule has 388 valence electrons. The molecule has 0 saturated heterocycles. The van der Waals surface area contributed by atoms with Crippen LogP contribution in [0.5, 0.6) is 0 Å². The topological polar surface area (TPSA) is 134 Å². The number of esters is 2. The molecule has 0 rings (SSSR count). The monoisotopic (exact) mass is 944 g/mol. The molecule has 3 N–H and O–H groups in total. The Hall–Kier alpha value is -0.990. The second kappa shape index (κ2) is 52.4. The lowest BCUT2D eigenvalue weighted by atomic mass is 10.0. The van der Waals surface area contributed by atoms with E-state index in [2.05, 4.69) is 13.8 Å². The number of ether oxygens (including phenoxy) is 2. The molecule has 0 aliphatic carbocycles. The van der Waals surface area contributed by atoms with Crippen LogP contribution in [0, 0.1) is 0 Å². The van der Waals surface area contributed by atoms with Gasteiger partial charge in [0.15, 0.2) is 6.10 Å². The first-order chi connectivity index (χ1) is 31.8. The van der Waals surface area contributed by atoms with Crippen LogP contribution in [-0.4, -0.2) is 49.3 Å². The number of carbonyl (C=O) groups excluding carboxylic acids is 2. The molecule has 2 unspecified atom stereocenters. The Labute approximate surface area is 403 Å². The van der Waals surface area contributed by atoms with Gasteiger partial charge in [0.2, 0.25) is 0 Å². The van der Waals surface area contributed by atoms with Gasteiger partial charge in [-0.3, -0.25) is 18.6 Å². The minimum absolute atomic E-state index is 0.0585. The van der Waals surface area contributed by atoms with Crippen molar-refractivity contribution in [2.24, 2.45) is 5.73 Å². The summed E-state index contributed by atoms with van der Waals surface area (Å²) in [5.41, 5.74) is 5.38. The lowest BCUT2D eigenvalue weighted by Crippen LogP contribution is -2.29. The standard InChI is InChI=1S/C55H110NO8P/c1-3-5-7-9-11-13-15-17-19-21-22-23-24-25-26-27-28-29-30-31-32-34-36-38-40-42-44-46-48-55(58)64-53(52-63-65(59,60)62-50-49-56)51-61-54(57)47-45-43-41-39-37-35-33-20-18-16-14-12-10-8-6-4-2/h53H,3-52,56H2,1-2H3,(H,59,60). The maximum atomic E-state index is 12.7. The van der Waals surface area contributed by atoms with E-state index < -0.39 is 26.5 Å². The molecule has 0 fully saturated rings. The van der Waals surface area contributed by atoms with Gasteiger partial charge < -0.3 is 20.1 Å². The molecular weight excluding hydrogens is 834 g/mol. The maximum Gasteiger partial charge on any atom is 0.472 e. The van der Waals surface area contributed by atoms with Crippen molar-refractivity contribution in [2.75, 3.05) is 26.4 Å². The lowest BCUT2D eigenvalue weighted by molar-refractivity contribution is -0.161. The summed E-state index contributed by atoms with van der Waals surface area (Å²) in [4.78, 5) is 35.1. The molecule has 0 aromatic carbocycles. The first-order valence-electron chi connectivity index (χ1n) is 28.5. The summed E-state index contributed by atoms with van der Waals surface area (Å²) >= 11 is 0. The number of hydrogen-bond acceptors (Lipinski definition) is 8. The Morgan fingerprint density at radius 1 is 0.400 bits per heavy atom. The fraction of sp³-hybridized carbons (Fsp3) is 0.964. The zero-order valence-electron chi connectivity index (χ0n) is 43.3. The number of rotatable bonds is 55. The summed E-state index contributed by atoms with van der Waals surface area (Å²) < 4.78 is 33.0. The van der Waals surface area contributed by atoms with E-state index in [9.17, 15) is 19.0 Å². The van der Waals surface area contributed by atoms with E-state index in [1.165, 1.54) is 244 Å². The van der Waals surface area contributed by atoms with Crippen LogP contribution in [0.1, 0.15) is 309 Å². The molecule has 0 aliphatic rings. The first-order valence-corrected chi connectivity index (χ1v) is 30.0. The highest BCUT2D eigenvalue weighted by atomic mass is 31.2. The van der Waals surface area contributed by atoms with Gasteiger partial charge in [-0.1, -0.05) is 284 Å². The summed E-state index contributed by atoms with van der Waals surface area (Å²) in [6.45, 7) is 3.81. The largest absolute Gasteiger partial charge is 0.472 e. The van der Waals surface area contributed by atoms with Gasteiger partial charge in [0, 0.05) is 19.4 Å². The summed E-state index contributed by atoms with van der Waals surface area (Å²) in [6.07, 6.45) is 57.4. The van der Waals surface area contributed by atoms with E-state index in [-0.39, 0.29) is 38.6 Å². The second-order valence-corrected chi connectivity index (χ2v) is 21.0. The van der Waals surface area contributed by atoms with E-state index in [1.807, 2.05) is 0 Å². The minimum atomic E-state index is -4.38. The minimum Gasteiger partial charge on any atom is -0.462 e. The number of phosphoric ester groups is 1. The van der Waals surface area contributed by atoms with Crippen molar-refractivity contribution in [3.63, 3.8) is 0 Å². The van der Waals surface area contributed by atoms with Gasteiger partial charge in [0.25, 0.3) is 0 Å². The number of hydrogen-bond donors (Lipinski definition) is 2. The molecule has 0 bridgehead atoms. The van der Waals surface area contributed by atoms with Crippen LogP contribution in [0.2, 0.25) is 0 Å². The predicted molar refractivity (Wildman–Crippen MR) is 275 cm³/mol. The van der Waals surface area contributed by atoms with Crippen molar-refractivity contribution in [1.29, 1.82) is 0 Å². The van der Waals surface area contributed by atoms with Crippen LogP contribution in [-0.2, 0) is 32.7 Å². The van der Waals surface area contributed by atoms with Crippen molar-refractivity contribution in [3.8, 4) is 0 Å². The van der Waals surface area contributed by atoms with Crippen LogP contribution < -0.4 is 5.73 Å². The average Bonchev–Trinajstić information content (AvgIpc) is 3.30. The Morgan fingerprint density at radius 2 is 0.662 bits per heavy atom. The molecule has 0 aromatic heterocycles. The number of carbonyl (C=O) groups is 2. The van der Waals surface area contributed by atoms with Crippen molar-refractivity contribution >= 4 is 19.8 Å². The van der Waals surface area contributed by atoms with Crippen LogP contribution in [0.3, 0.4) is 0 Å². The van der Waals surface area contributed by atoms with Gasteiger partial charge in [-0.2, -0.15) is 0 Å². The lowest BCUT2D eigenvalue weighted by Gasteiger charge is -2.19. The number of unbranched alkanes of at least 4 members (excludes halogenated alkanes) is 42. The third-order valence-electron chi connectivity index (χ3n) is 13.0. The molecular formula is C55H110NO8P. The van der Waals surface area contributed by atoms with Crippen LogP contribution in [0.4, 0.5) is 0 Å². The van der Waals surface area contributed by atoms with E-state index in [4.69, 9.17) is 24.3 Å². The Kier molecular flexibility index (Phi) is 51.6. The third-order valence-corrected chi connectivity index (χ3v) is 14.0. The Morgan fingerprint density at radius 3 is 0.938 bits per heavy atom. The van der Waals surface area contributed by atoms with Gasteiger partial charge in [-0.15, -0.1) is 0 Å². The van der Waals surface area contributed by atoms with E-state index in [0.717, 1.165) is 32.1 Å². The molecule has 0 amide bonds. The van der Waals surface area contributed by atoms with Gasteiger partial charge in [-0.05, 0) is 12.8 Å². The van der Waals surface area contributed by atoms with Crippen molar-refractivity contribution in [1.82, 2.24) is 0 Å². The molecule has 0 heterocycles. The van der Waals surface area contributed by atoms with Crippen molar-refractivity contribution < 1.29 is 37.6 Å². The first kappa shape index (κ1) is 64.0. The van der Waals surface area contributed by atoms with Crippen LogP contribution in [0.25, 0.3) is 0 Å². The fourth-order valence-electron chi connectivity index (χ4n) is 8.76. The van der Waals surface area contributed by atoms with Gasteiger partial charge >= 0.3 is 19.8 Å². The number of phosphoric acid groups is 1. The normalized spacial score (nSPS) is 13.0. The molecule has 0 spiro atoms. The van der Waals surface area contributed by atoms with Crippen molar-refractivity contribution in [2.45, 2.75) is 315 Å². The van der Waals surface area contributed by atoms with Gasteiger partial charge in [-0.25, -0.2) is 4.57 Å². The summed E-state index contributed by atoms with van der Waals surface area (Å²) in [5, 5.41) is 0. The van der Waals surface area contributed by atoms with E-state index in [0.29, 0.717) is 6.42 Å². The van der Waals surface area contributed by atoms with E-state index in [1.54, 1.807) is 0 Å². The Balaban J connectivity index is 3.87.